The van der Waals surface area contributed by atoms with E-state index in [0.29, 0.717) is 22.6 Å². The SMILES string of the molecule is C=C(C)C(=O)OCCOC(C)Oc1ccc(C(C)(C)c2ccc(OC(C)OC(C)OCCOC(=O)C(=C)C)cc2)cc1. The van der Waals surface area contributed by atoms with E-state index in [9.17, 15) is 9.59 Å². The molecule has 0 N–H and O–H groups in total. The van der Waals surface area contributed by atoms with Crippen LogP contribution in [-0.4, -0.2) is 57.2 Å². The first kappa shape index (κ1) is 34.5. The molecule has 230 valence electrons. The summed E-state index contributed by atoms with van der Waals surface area (Å²) < 4.78 is 38.5. The lowest BCUT2D eigenvalue weighted by atomic mass is 9.78. The fourth-order valence-electron chi connectivity index (χ4n) is 3.76. The molecule has 2 rings (SSSR count). The first-order chi connectivity index (χ1) is 19.8. The Kier molecular flexibility index (Phi) is 13.7. The number of ether oxygens (including phenoxy) is 7. The third kappa shape index (κ3) is 11.7. The Labute approximate surface area is 249 Å². The first-order valence-corrected chi connectivity index (χ1v) is 13.9. The smallest absolute Gasteiger partial charge is 0.333 e. The first-order valence-electron chi connectivity index (χ1n) is 13.9. The lowest BCUT2D eigenvalue weighted by molar-refractivity contribution is -0.207. The van der Waals surface area contributed by atoms with Crippen LogP contribution in [0, 0.1) is 0 Å². The molecule has 9 nitrogen and oxygen atoms in total. The maximum Gasteiger partial charge on any atom is 0.333 e. The molecule has 42 heavy (non-hydrogen) atoms. The van der Waals surface area contributed by atoms with Crippen LogP contribution in [0.2, 0.25) is 0 Å². The van der Waals surface area contributed by atoms with Gasteiger partial charge >= 0.3 is 11.9 Å². The molecule has 2 aromatic rings. The molecule has 9 heteroatoms. The van der Waals surface area contributed by atoms with Gasteiger partial charge in [-0.3, -0.25) is 0 Å². The normalized spacial score (nSPS) is 13.4. The summed E-state index contributed by atoms with van der Waals surface area (Å²) in [7, 11) is 0. The van der Waals surface area contributed by atoms with Gasteiger partial charge in [0.05, 0.1) is 13.2 Å². The topological polar surface area (TPSA) is 98.8 Å². The van der Waals surface area contributed by atoms with E-state index < -0.39 is 30.8 Å². The van der Waals surface area contributed by atoms with E-state index in [-0.39, 0.29) is 31.8 Å². The van der Waals surface area contributed by atoms with Crippen LogP contribution >= 0.6 is 0 Å². The van der Waals surface area contributed by atoms with Gasteiger partial charge in [0.25, 0.3) is 0 Å². The molecular formula is C33H44O9. The number of benzene rings is 2. The minimum Gasteiger partial charge on any atom is -0.465 e. The third-order valence-electron chi connectivity index (χ3n) is 6.17. The van der Waals surface area contributed by atoms with Crippen molar-refractivity contribution in [1.82, 2.24) is 0 Å². The molecule has 3 unspecified atom stereocenters. The number of rotatable bonds is 18. The fraction of sp³-hybridized carbons (Fsp3) is 0.455. The summed E-state index contributed by atoms with van der Waals surface area (Å²) in [6.07, 6.45) is -1.61. The summed E-state index contributed by atoms with van der Waals surface area (Å²) in [5.41, 5.74) is 2.64. The lowest BCUT2D eigenvalue weighted by Crippen LogP contribution is -2.26. The van der Waals surface area contributed by atoms with Gasteiger partial charge in [0.15, 0.2) is 18.9 Å². The third-order valence-corrected chi connectivity index (χ3v) is 6.17. The van der Waals surface area contributed by atoms with E-state index >= 15 is 0 Å². The second kappa shape index (κ2) is 16.7. The average molecular weight is 585 g/mol. The van der Waals surface area contributed by atoms with Crippen LogP contribution in [0.25, 0.3) is 0 Å². The standard InChI is InChI=1S/C33H44O9/c1-22(2)31(34)38-20-18-36-24(5)40-26(7)42-30-16-12-28(13-17-30)33(8,9)27-10-14-29(15-11-27)41-25(6)37-19-21-39-32(35)23(3)4/h10-17,24-26H,1,3,18-21H2,2,4-9H3. The minimum atomic E-state index is -0.554. The van der Waals surface area contributed by atoms with Crippen molar-refractivity contribution in [2.75, 3.05) is 26.4 Å². The van der Waals surface area contributed by atoms with Crippen molar-refractivity contribution in [1.29, 1.82) is 0 Å². The summed E-state index contributed by atoms with van der Waals surface area (Å²) in [6, 6.07) is 15.7. The Morgan fingerprint density at radius 2 is 1.02 bits per heavy atom. The lowest BCUT2D eigenvalue weighted by Gasteiger charge is -2.27. The highest BCUT2D eigenvalue weighted by Crippen LogP contribution is 2.33. The second-order valence-corrected chi connectivity index (χ2v) is 10.3. The highest BCUT2D eigenvalue weighted by Gasteiger charge is 2.23. The average Bonchev–Trinajstić information content (AvgIpc) is 2.93. The summed E-state index contributed by atoms with van der Waals surface area (Å²) in [5, 5.41) is 0. The van der Waals surface area contributed by atoms with E-state index in [1.54, 1.807) is 34.6 Å². The minimum absolute atomic E-state index is 0.117. The zero-order chi connectivity index (χ0) is 31.3. The molecule has 0 spiro atoms. The van der Waals surface area contributed by atoms with Crippen LogP contribution < -0.4 is 9.47 Å². The molecule has 0 aliphatic carbocycles. The fourth-order valence-corrected chi connectivity index (χ4v) is 3.76. The van der Waals surface area contributed by atoms with Crippen molar-refractivity contribution < 1.29 is 42.7 Å². The highest BCUT2D eigenvalue weighted by atomic mass is 16.8. The number of hydrogen-bond acceptors (Lipinski definition) is 9. The largest absolute Gasteiger partial charge is 0.465 e. The number of hydrogen-bond donors (Lipinski definition) is 0. The van der Waals surface area contributed by atoms with E-state index in [1.165, 1.54) is 0 Å². The van der Waals surface area contributed by atoms with Crippen LogP contribution in [0.15, 0.2) is 72.8 Å². The number of carbonyl (C=O) groups is 2. The van der Waals surface area contributed by atoms with Gasteiger partial charge in [0.2, 0.25) is 0 Å². The van der Waals surface area contributed by atoms with Crippen LogP contribution in [0.3, 0.4) is 0 Å². The summed E-state index contributed by atoms with van der Waals surface area (Å²) >= 11 is 0. The Balaban J connectivity index is 1.82. The quantitative estimate of drug-likeness (QED) is 0.0891. The van der Waals surface area contributed by atoms with Crippen molar-refractivity contribution in [2.45, 2.75) is 72.8 Å². The van der Waals surface area contributed by atoms with Crippen LogP contribution in [0.1, 0.15) is 59.6 Å². The Bertz CT molecular complexity index is 1170. The van der Waals surface area contributed by atoms with Crippen molar-refractivity contribution >= 4 is 11.9 Å². The molecule has 0 radical (unpaired) electrons. The van der Waals surface area contributed by atoms with Gasteiger partial charge in [-0.15, -0.1) is 0 Å². The predicted octanol–water partition coefficient (Wildman–Crippen LogP) is 6.10. The van der Waals surface area contributed by atoms with E-state index in [0.717, 1.165) is 11.1 Å². The maximum atomic E-state index is 11.4. The second-order valence-electron chi connectivity index (χ2n) is 10.3. The molecule has 0 fully saturated rings. The maximum absolute atomic E-state index is 11.4. The monoisotopic (exact) mass is 584 g/mol. The van der Waals surface area contributed by atoms with Crippen molar-refractivity contribution in [3.63, 3.8) is 0 Å². The van der Waals surface area contributed by atoms with Gasteiger partial charge in [0.1, 0.15) is 24.7 Å². The number of esters is 2. The molecule has 0 saturated heterocycles. The van der Waals surface area contributed by atoms with Crippen molar-refractivity contribution in [2.24, 2.45) is 0 Å². The molecule has 0 aliphatic heterocycles. The molecular weight excluding hydrogens is 540 g/mol. The van der Waals surface area contributed by atoms with Gasteiger partial charge in [-0.25, -0.2) is 9.59 Å². The summed E-state index contributed by atoms with van der Waals surface area (Å²) in [4.78, 5) is 22.8. The number of carbonyl (C=O) groups excluding carboxylic acids is 2. The van der Waals surface area contributed by atoms with Gasteiger partial charge in [0, 0.05) is 16.6 Å². The molecule has 0 saturated carbocycles. The van der Waals surface area contributed by atoms with Gasteiger partial charge in [-0.05, 0) is 70.0 Å². The zero-order valence-electron chi connectivity index (χ0n) is 25.8. The zero-order valence-corrected chi connectivity index (χ0v) is 25.8. The van der Waals surface area contributed by atoms with Crippen LogP contribution in [0.4, 0.5) is 0 Å². The van der Waals surface area contributed by atoms with Crippen LogP contribution in [-0.2, 0) is 38.7 Å². The molecule has 3 atom stereocenters. The summed E-state index contributed by atoms with van der Waals surface area (Å²) in [5.74, 6) is 0.446. The summed E-state index contributed by atoms with van der Waals surface area (Å²) in [6.45, 7) is 20.5. The van der Waals surface area contributed by atoms with E-state index in [1.807, 2.05) is 48.5 Å². The molecule has 0 bridgehead atoms. The predicted molar refractivity (Wildman–Crippen MR) is 159 cm³/mol. The Morgan fingerprint density at radius 3 is 1.43 bits per heavy atom. The van der Waals surface area contributed by atoms with Gasteiger partial charge in [-0.2, -0.15) is 0 Å². The molecule has 0 heterocycles. The molecule has 0 amide bonds. The van der Waals surface area contributed by atoms with E-state index in [4.69, 9.17) is 33.2 Å². The molecule has 2 aromatic carbocycles. The van der Waals surface area contributed by atoms with Crippen molar-refractivity contribution in [3.8, 4) is 11.5 Å². The van der Waals surface area contributed by atoms with E-state index in [2.05, 4.69) is 27.0 Å². The van der Waals surface area contributed by atoms with Gasteiger partial charge in [-0.1, -0.05) is 51.3 Å². The van der Waals surface area contributed by atoms with Crippen LogP contribution in [0.5, 0.6) is 11.5 Å². The highest BCUT2D eigenvalue weighted by molar-refractivity contribution is 5.87. The van der Waals surface area contributed by atoms with Crippen molar-refractivity contribution in [3.05, 3.63) is 84.0 Å². The molecule has 0 aromatic heterocycles. The Hall–Kier alpha value is -3.66. The Morgan fingerprint density at radius 1 is 0.643 bits per heavy atom. The van der Waals surface area contributed by atoms with Gasteiger partial charge < -0.3 is 33.2 Å². The molecule has 0 aliphatic rings.